The molecule has 6 nitrogen and oxygen atoms in total. The number of carbonyl (C=O) groups is 1. The monoisotopic (exact) mass is 457 g/mol. The van der Waals surface area contributed by atoms with E-state index in [1.807, 2.05) is 25.1 Å². The molecular weight excluding hydrogens is 431 g/mol. The molecule has 0 atom stereocenters. The minimum atomic E-state index is -4.51. The quantitative estimate of drug-likeness (QED) is 0.572. The first-order valence-corrected chi connectivity index (χ1v) is 10.9. The average molecular weight is 458 g/mol. The molecule has 4 rings (SSSR count). The van der Waals surface area contributed by atoms with Crippen molar-refractivity contribution in [3.8, 4) is 0 Å². The van der Waals surface area contributed by atoms with E-state index < -0.39 is 11.9 Å². The molecule has 0 unspecified atom stereocenters. The highest BCUT2D eigenvalue weighted by molar-refractivity contribution is 5.93. The van der Waals surface area contributed by atoms with Crippen LogP contribution in [0.4, 0.5) is 24.5 Å². The van der Waals surface area contributed by atoms with Crippen LogP contribution in [0.5, 0.6) is 0 Å². The number of benzene rings is 1. The van der Waals surface area contributed by atoms with Crippen LogP contribution < -0.4 is 15.5 Å². The van der Waals surface area contributed by atoms with Crippen molar-refractivity contribution in [2.45, 2.75) is 43.9 Å². The lowest BCUT2D eigenvalue weighted by atomic mass is 9.90. The van der Waals surface area contributed by atoms with E-state index in [1.165, 1.54) is 0 Å². The number of alkyl halides is 3. The molecule has 0 bridgehead atoms. The first-order chi connectivity index (χ1) is 15.7. The molecule has 0 spiro atoms. The van der Waals surface area contributed by atoms with E-state index in [-0.39, 0.29) is 18.0 Å². The second-order valence-corrected chi connectivity index (χ2v) is 8.53. The molecule has 9 heteroatoms. The van der Waals surface area contributed by atoms with Crippen molar-refractivity contribution < 1.29 is 18.0 Å². The summed E-state index contributed by atoms with van der Waals surface area (Å²) in [6, 6.07) is 11.5. The molecule has 2 N–H and O–H groups in total. The third-order valence-corrected chi connectivity index (χ3v) is 5.93. The summed E-state index contributed by atoms with van der Waals surface area (Å²) in [5, 5.41) is 6.97. The number of carbonyl (C=O) groups excluding carboxylic acids is 1. The number of amides is 1. The molecule has 0 saturated heterocycles. The lowest BCUT2D eigenvalue weighted by molar-refractivity contribution is -0.140. The minimum Gasteiger partial charge on any atom is -0.382 e. The number of nitrogens with zero attached hydrogens (tertiary/aromatic N) is 3. The van der Waals surface area contributed by atoms with Crippen LogP contribution in [-0.2, 0) is 6.18 Å². The van der Waals surface area contributed by atoms with Crippen LogP contribution in [0.1, 0.15) is 41.9 Å². The molecule has 33 heavy (non-hydrogen) atoms. The largest absolute Gasteiger partial charge is 0.433 e. The predicted molar refractivity (Wildman–Crippen MR) is 122 cm³/mol. The van der Waals surface area contributed by atoms with Crippen molar-refractivity contribution in [2.75, 3.05) is 24.3 Å². The molecule has 1 saturated carbocycles. The van der Waals surface area contributed by atoms with Gasteiger partial charge in [0.05, 0.1) is 17.4 Å². The Hall–Kier alpha value is -3.36. The van der Waals surface area contributed by atoms with Crippen LogP contribution in [0.15, 0.2) is 48.7 Å². The van der Waals surface area contributed by atoms with Crippen LogP contribution in [0.25, 0.3) is 10.9 Å². The Kier molecular flexibility index (Phi) is 6.40. The maximum absolute atomic E-state index is 13.3. The van der Waals surface area contributed by atoms with Gasteiger partial charge in [-0.25, -0.2) is 9.97 Å². The summed E-state index contributed by atoms with van der Waals surface area (Å²) >= 11 is 0. The fraction of sp³-hybridized carbons (Fsp3) is 0.375. The van der Waals surface area contributed by atoms with Crippen LogP contribution in [-0.4, -0.2) is 42.1 Å². The standard InChI is InChI=1S/C24H26F3N5O/c1-32(2)17-11-12-20(28-14-17)23(33)30-16-9-7-15(8-10-16)29-21-13-22(24(25,26)27)31-19-6-4-3-5-18(19)21/h3-6,11-16H,7-10H2,1-2H3,(H,29,31)(H,30,33). The average Bonchev–Trinajstić information content (AvgIpc) is 2.79. The van der Waals surface area contributed by atoms with Gasteiger partial charge in [-0.1, -0.05) is 18.2 Å². The SMILES string of the molecule is CN(C)c1ccc(C(=O)NC2CCC(Nc3cc(C(F)(F)F)nc4ccccc34)CC2)nc1. The number of aromatic nitrogens is 2. The van der Waals surface area contributed by atoms with Gasteiger partial charge in [-0.05, 0) is 49.9 Å². The minimum absolute atomic E-state index is 0.00537. The summed E-state index contributed by atoms with van der Waals surface area (Å²) in [4.78, 5) is 22.4. The van der Waals surface area contributed by atoms with Gasteiger partial charge < -0.3 is 15.5 Å². The van der Waals surface area contributed by atoms with Crippen molar-refractivity contribution >= 4 is 28.2 Å². The summed E-state index contributed by atoms with van der Waals surface area (Å²) < 4.78 is 39.9. The number of nitrogens with one attached hydrogen (secondary N) is 2. The smallest absolute Gasteiger partial charge is 0.382 e. The third kappa shape index (κ3) is 5.35. The van der Waals surface area contributed by atoms with Gasteiger partial charge in [-0.3, -0.25) is 4.79 Å². The molecule has 1 fully saturated rings. The molecular formula is C24H26F3N5O. The first-order valence-electron chi connectivity index (χ1n) is 10.9. The predicted octanol–water partition coefficient (Wildman–Crippen LogP) is 4.87. The van der Waals surface area contributed by atoms with E-state index in [9.17, 15) is 18.0 Å². The van der Waals surface area contributed by atoms with E-state index in [4.69, 9.17) is 0 Å². The summed E-state index contributed by atoms with van der Waals surface area (Å²) in [5.74, 6) is -0.216. The van der Waals surface area contributed by atoms with Gasteiger partial charge in [0.1, 0.15) is 11.4 Å². The van der Waals surface area contributed by atoms with Crippen LogP contribution >= 0.6 is 0 Å². The molecule has 1 aromatic carbocycles. The van der Waals surface area contributed by atoms with E-state index in [2.05, 4.69) is 20.6 Å². The maximum atomic E-state index is 13.3. The molecule has 1 aliphatic carbocycles. The Balaban J connectivity index is 1.39. The normalized spacial score (nSPS) is 18.7. The van der Waals surface area contributed by atoms with Crippen molar-refractivity contribution in [1.29, 1.82) is 0 Å². The number of anilines is 2. The van der Waals surface area contributed by atoms with Crippen LogP contribution in [0.3, 0.4) is 0 Å². The van der Waals surface area contributed by atoms with Gasteiger partial charge in [-0.15, -0.1) is 0 Å². The fourth-order valence-electron chi connectivity index (χ4n) is 4.09. The van der Waals surface area contributed by atoms with Gasteiger partial charge >= 0.3 is 6.18 Å². The zero-order valence-electron chi connectivity index (χ0n) is 18.5. The topological polar surface area (TPSA) is 70.2 Å². The highest BCUT2D eigenvalue weighted by Crippen LogP contribution is 2.34. The summed E-state index contributed by atoms with van der Waals surface area (Å²) in [6.45, 7) is 0. The number of para-hydroxylation sites is 1. The highest BCUT2D eigenvalue weighted by Gasteiger charge is 2.34. The van der Waals surface area contributed by atoms with E-state index in [0.717, 1.165) is 37.4 Å². The molecule has 2 heterocycles. The van der Waals surface area contributed by atoms with Gasteiger partial charge in [0.25, 0.3) is 5.91 Å². The summed E-state index contributed by atoms with van der Waals surface area (Å²) in [7, 11) is 3.81. The zero-order valence-corrected chi connectivity index (χ0v) is 18.5. The fourth-order valence-corrected chi connectivity index (χ4v) is 4.09. The Morgan fingerprint density at radius 3 is 2.36 bits per heavy atom. The Bertz CT molecular complexity index is 1120. The molecule has 174 valence electrons. The number of fused-ring (bicyclic) bond motifs is 1. The number of pyridine rings is 2. The van der Waals surface area contributed by atoms with E-state index in [0.29, 0.717) is 22.3 Å². The zero-order chi connectivity index (χ0) is 23.6. The van der Waals surface area contributed by atoms with E-state index in [1.54, 1.807) is 36.5 Å². The summed E-state index contributed by atoms with van der Waals surface area (Å²) in [5.41, 5.74) is 1.12. The Morgan fingerprint density at radius 1 is 1.03 bits per heavy atom. The van der Waals surface area contributed by atoms with Gasteiger partial charge in [0.15, 0.2) is 0 Å². The van der Waals surface area contributed by atoms with Crippen LogP contribution in [0.2, 0.25) is 0 Å². The molecule has 1 aliphatic rings. The molecule has 1 amide bonds. The first kappa shape index (κ1) is 22.8. The van der Waals surface area contributed by atoms with Crippen molar-refractivity contribution in [2.24, 2.45) is 0 Å². The van der Waals surface area contributed by atoms with Crippen molar-refractivity contribution in [1.82, 2.24) is 15.3 Å². The lowest BCUT2D eigenvalue weighted by Crippen LogP contribution is -2.40. The van der Waals surface area contributed by atoms with Crippen molar-refractivity contribution in [3.63, 3.8) is 0 Å². The van der Waals surface area contributed by atoms with Gasteiger partial charge in [0, 0.05) is 37.3 Å². The number of hydrogen-bond donors (Lipinski definition) is 2. The molecule has 2 aromatic heterocycles. The lowest BCUT2D eigenvalue weighted by Gasteiger charge is -2.30. The number of rotatable bonds is 5. The highest BCUT2D eigenvalue weighted by atomic mass is 19.4. The third-order valence-electron chi connectivity index (χ3n) is 5.93. The van der Waals surface area contributed by atoms with Gasteiger partial charge in [0.2, 0.25) is 0 Å². The molecule has 3 aromatic rings. The Labute approximate surface area is 190 Å². The maximum Gasteiger partial charge on any atom is 0.433 e. The second-order valence-electron chi connectivity index (χ2n) is 8.53. The number of hydrogen-bond acceptors (Lipinski definition) is 5. The second kappa shape index (κ2) is 9.25. The number of halogens is 3. The van der Waals surface area contributed by atoms with E-state index >= 15 is 0 Å². The van der Waals surface area contributed by atoms with Crippen LogP contribution in [0, 0.1) is 0 Å². The molecule has 0 aliphatic heterocycles. The molecule has 0 radical (unpaired) electrons. The Morgan fingerprint density at radius 2 is 1.73 bits per heavy atom. The van der Waals surface area contributed by atoms with Gasteiger partial charge in [-0.2, -0.15) is 13.2 Å². The van der Waals surface area contributed by atoms with Crippen molar-refractivity contribution in [3.05, 3.63) is 60.0 Å². The summed E-state index contributed by atoms with van der Waals surface area (Å²) in [6.07, 6.45) is 0.0692.